The molecular formula is C12H14. The first kappa shape index (κ1) is 7.60. The highest BCUT2D eigenvalue weighted by molar-refractivity contribution is 5.28. The van der Waals surface area contributed by atoms with Crippen molar-refractivity contribution < 1.29 is 0 Å². The molecule has 1 aliphatic carbocycles. The zero-order valence-electron chi connectivity index (χ0n) is 7.29. The van der Waals surface area contributed by atoms with Crippen molar-refractivity contribution in [3.8, 4) is 0 Å². The molecular weight excluding hydrogens is 144 g/mol. The Morgan fingerprint density at radius 3 is 1.75 bits per heavy atom. The minimum absolute atomic E-state index is 1.21. The van der Waals surface area contributed by atoms with Gasteiger partial charge < -0.3 is 0 Å². The number of allylic oxidation sites excluding steroid dienone is 2. The van der Waals surface area contributed by atoms with Crippen LogP contribution in [0.4, 0.5) is 0 Å². The maximum absolute atomic E-state index is 2.30. The summed E-state index contributed by atoms with van der Waals surface area (Å²) < 4.78 is 0. The third kappa shape index (κ3) is 1.58. The molecule has 0 amide bonds. The molecule has 0 heterocycles. The van der Waals surface area contributed by atoms with Crippen molar-refractivity contribution in [2.24, 2.45) is 0 Å². The lowest BCUT2D eigenvalue weighted by Crippen LogP contribution is -1.95. The summed E-state index contributed by atoms with van der Waals surface area (Å²) in [7, 11) is 0. The Balaban J connectivity index is 2.29. The zero-order chi connectivity index (χ0) is 8.23. The minimum atomic E-state index is 1.21. The lowest BCUT2D eigenvalue weighted by atomic mass is 9.97. The molecule has 0 unspecified atom stereocenters. The second-order valence-electron chi connectivity index (χ2n) is 3.32. The molecule has 0 N–H and O–H groups in total. The van der Waals surface area contributed by atoms with Gasteiger partial charge in [-0.1, -0.05) is 36.4 Å². The number of hydrogen-bond acceptors (Lipinski definition) is 0. The molecule has 0 spiro atoms. The summed E-state index contributed by atoms with van der Waals surface area (Å²) in [5.74, 6) is 0. The predicted molar refractivity (Wildman–Crippen MR) is 52.2 cm³/mol. The predicted octanol–water partition coefficient (Wildman–Crippen LogP) is 3.12. The fourth-order valence-corrected chi connectivity index (χ4v) is 1.76. The molecule has 0 radical (unpaired) electrons. The van der Waals surface area contributed by atoms with E-state index in [0.29, 0.717) is 0 Å². The Kier molecular flexibility index (Phi) is 2.26. The van der Waals surface area contributed by atoms with Gasteiger partial charge in [0.05, 0.1) is 0 Å². The summed E-state index contributed by atoms with van der Waals surface area (Å²) in [5.41, 5.74) is 3.09. The average Bonchev–Trinajstić information content (AvgIpc) is 2.06. The third-order valence-corrected chi connectivity index (χ3v) is 2.45. The zero-order valence-corrected chi connectivity index (χ0v) is 7.29. The molecule has 0 aromatic heterocycles. The number of rotatable bonds is 0. The summed E-state index contributed by atoms with van der Waals surface area (Å²) in [6, 6.07) is 8.80. The van der Waals surface area contributed by atoms with Crippen LogP contribution in [0.3, 0.4) is 0 Å². The van der Waals surface area contributed by atoms with Gasteiger partial charge in [0, 0.05) is 0 Å². The molecule has 0 heteroatoms. The first-order valence-electron chi connectivity index (χ1n) is 4.68. The molecule has 1 aromatic rings. The molecule has 0 saturated carbocycles. The van der Waals surface area contributed by atoms with E-state index < -0.39 is 0 Å². The van der Waals surface area contributed by atoms with Crippen LogP contribution >= 0.6 is 0 Å². The summed E-state index contributed by atoms with van der Waals surface area (Å²) in [5, 5.41) is 0. The second-order valence-corrected chi connectivity index (χ2v) is 3.32. The van der Waals surface area contributed by atoms with Crippen LogP contribution in [0, 0.1) is 0 Å². The van der Waals surface area contributed by atoms with Gasteiger partial charge in [0.2, 0.25) is 0 Å². The summed E-state index contributed by atoms with van der Waals surface area (Å²) in [6.07, 6.45) is 9.44. The molecule has 0 nitrogen and oxygen atoms in total. The molecule has 0 saturated heterocycles. The van der Waals surface area contributed by atoms with E-state index >= 15 is 0 Å². The molecule has 0 atom stereocenters. The van der Waals surface area contributed by atoms with Crippen molar-refractivity contribution in [2.45, 2.75) is 25.7 Å². The van der Waals surface area contributed by atoms with Crippen molar-refractivity contribution in [1.29, 1.82) is 0 Å². The molecule has 0 bridgehead atoms. The molecule has 62 valence electrons. The maximum atomic E-state index is 2.30. The van der Waals surface area contributed by atoms with E-state index in [4.69, 9.17) is 0 Å². The summed E-state index contributed by atoms with van der Waals surface area (Å²) >= 11 is 0. The van der Waals surface area contributed by atoms with Gasteiger partial charge in [0.1, 0.15) is 0 Å². The van der Waals surface area contributed by atoms with E-state index in [1.54, 1.807) is 11.1 Å². The van der Waals surface area contributed by atoms with Crippen molar-refractivity contribution in [3.63, 3.8) is 0 Å². The van der Waals surface area contributed by atoms with Crippen molar-refractivity contribution in [3.05, 3.63) is 47.5 Å². The van der Waals surface area contributed by atoms with Crippen molar-refractivity contribution >= 4 is 0 Å². The lowest BCUT2D eigenvalue weighted by Gasteiger charge is -2.09. The van der Waals surface area contributed by atoms with Crippen molar-refractivity contribution in [2.75, 3.05) is 0 Å². The van der Waals surface area contributed by atoms with Gasteiger partial charge in [-0.05, 0) is 36.8 Å². The van der Waals surface area contributed by atoms with Gasteiger partial charge in [-0.2, -0.15) is 0 Å². The SMILES string of the molecule is C1=CCCc2ccccc2CC1. The highest BCUT2D eigenvalue weighted by atomic mass is 14.1. The van der Waals surface area contributed by atoms with Crippen molar-refractivity contribution in [1.82, 2.24) is 0 Å². The van der Waals surface area contributed by atoms with Gasteiger partial charge >= 0.3 is 0 Å². The molecule has 12 heavy (non-hydrogen) atoms. The van der Waals surface area contributed by atoms with E-state index in [1.165, 1.54) is 25.7 Å². The van der Waals surface area contributed by atoms with Crippen LogP contribution in [0.5, 0.6) is 0 Å². The first-order valence-corrected chi connectivity index (χ1v) is 4.68. The van der Waals surface area contributed by atoms with Crippen LogP contribution in [0.15, 0.2) is 36.4 Å². The van der Waals surface area contributed by atoms with Crippen LogP contribution < -0.4 is 0 Å². The van der Waals surface area contributed by atoms with Crippen LogP contribution in [0.25, 0.3) is 0 Å². The molecule has 0 aliphatic heterocycles. The largest absolute Gasteiger partial charge is 0.0882 e. The Hall–Kier alpha value is -1.04. The van der Waals surface area contributed by atoms with Crippen LogP contribution in [-0.2, 0) is 12.8 Å². The molecule has 2 rings (SSSR count). The van der Waals surface area contributed by atoms with E-state index in [9.17, 15) is 0 Å². The number of fused-ring (bicyclic) bond motifs is 1. The van der Waals surface area contributed by atoms with Gasteiger partial charge in [0.15, 0.2) is 0 Å². The molecule has 1 aliphatic rings. The number of benzene rings is 1. The van der Waals surface area contributed by atoms with Crippen LogP contribution in [0.2, 0.25) is 0 Å². The van der Waals surface area contributed by atoms with E-state index in [-0.39, 0.29) is 0 Å². The van der Waals surface area contributed by atoms with Gasteiger partial charge in [0.25, 0.3) is 0 Å². The second kappa shape index (κ2) is 3.57. The first-order chi connectivity index (χ1) is 5.97. The smallest absolute Gasteiger partial charge is 0.0241 e. The van der Waals surface area contributed by atoms with E-state index in [1.807, 2.05) is 0 Å². The Morgan fingerprint density at radius 1 is 0.750 bits per heavy atom. The molecule has 0 fully saturated rings. The maximum Gasteiger partial charge on any atom is -0.0241 e. The Morgan fingerprint density at radius 2 is 1.25 bits per heavy atom. The molecule has 1 aromatic carbocycles. The van der Waals surface area contributed by atoms with Crippen LogP contribution in [-0.4, -0.2) is 0 Å². The third-order valence-electron chi connectivity index (χ3n) is 2.45. The standard InChI is InChI=1S/C12H14/c1-2-4-8-12-10-6-5-9-11(12)7-3-1/h1-2,5-6,9-10H,3-4,7-8H2. The minimum Gasteiger partial charge on any atom is -0.0882 e. The monoisotopic (exact) mass is 158 g/mol. The normalized spacial score (nSPS) is 16.3. The highest BCUT2D eigenvalue weighted by Gasteiger charge is 2.01. The topological polar surface area (TPSA) is 0 Å². The van der Waals surface area contributed by atoms with Gasteiger partial charge in [-0.15, -0.1) is 0 Å². The highest BCUT2D eigenvalue weighted by Crippen LogP contribution is 2.15. The average molecular weight is 158 g/mol. The van der Waals surface area contributed by atoms with E-state index in [2.05, 4.69) is 36.4 Å². The summed E-state index contributed by atoms with van der Waals surface area (Å²) in [6.45, 7) is 0. The number of hydrogen-bond donors (Lipinski definition) is 0. The fraction of sp³-hybridized carbons (Fsp3) is 0.333. The van der Waals surface area contributed by atoms with Crippen LogP contribution in [0.1, 0.15) is 24.0 Å². The Labute approximate surface area is 73.9 Å². The van der Waals surface area contributed by atoms with E-state index in [0.717, 1.165) is 0 Å². The van der Waals surface area contributed by atoms with Gasteiger partial charge in [-0.3, -0.25) is 0 Å². The summed E-state index contributed by atoms with van der Waals surface area (Å²) in [4.78, 5) is 0. The van der Waals surface area contributed by atoms with Gasteiger partial charge in [-0.25, -0.2) is 0 Å². The quantitative estimate of drug-likeness (QED) is 0.509. The number of aryl methyl sites for hydroxylation is 2. The lowest BCUT2D eigenvalue weighted by molar-refractivity contribution is 0.893. The fourth-order valence-electron chi connectivity index (χ4n) is 1.76. The Bertz CT molecular complexity index is 255.